The van der Waals surface area contributed by atoms with E-state index in [-0.39, 0.29) is 5.54 Å². The van der Waals surface area contributed by atoms with Crippen molar-refractivity contribution < 1.29 is 4.74 Å². The van der Waals surface area contributed by atoms with Crippen LogP contribution in [0.3, 0.4) is 0 Å². The van der Waals surface area contributed by atoms with Crippen molar-refractivity contribution in [3.05, 3.63) is 60.4 Å². The minimum Gasteiger partial charge on any atom is -0.494 e. The van der Waals surface area contributed by atoms with Gasteiger partial charge in [0.05, 0.1) is 12.6 Å². The lowest BCUT2D eigenvalue weighted by molar-refractivity contribution is 0.308. The Kier molecular flexibility index (Phi) is 4.56. The van der Waals surface area contributed by atoms with Crippen LogP contribution in [0.1, 0.15) is 37.9 Å². The van der Waals surface area contributed by atoms with Gasteiger partial charge in [0.15, 0.2) is 5.82 Å². The second kappa shape index (κ2) is 7.15. The Morgan fingerprint density at radius 1 is 0.962 bits per heavy atom. The van der Waals surface area contributed by atoms with Crippen LogP contribution in [0.2, 0.25) is 0 Å². The number of tetrazole rings is 1. The maximum atomic E-state index is 5.53. The summed E-state index contributed by atoms with van der Waals surface area (Å²) in [6, 6.07) is 18.1. The van der Waals surface area contributed by atoms with Crippen LogP contribution in [0.15, 0.2) is 54.6 Å². The first-order chi connectivity index (χ1) is 12.8. The molecule has 3 aromatic rings. The van der Waals surface area contributed by atoms with Gasteiger partial charge in [-0.15, -0.1) is 5.10 Å². The number of ether oxygens (including phenoxy) is 1. The predicted octanol–water partition coefficient (Wildman–Crippen LogP) is 3.94. The zero-order valence-corrected chi connectivity index (χ0v) is 14.9. The molecule has 0 aliphatic heterocycles. The fourth-order valence-corrected chi connectivity index (χ4v) is 3.81. The molecular weight excluding hydrogens is 326 g/mol. The third-order valence-corrected chi connectivity index (χ3v) is 5.08. The number of aromatic nitrogens is 4. The van der Waals surface area contributed by atoms with Crippen LogP contribution in [-0.4, -0.2) is 27.3 Å². The minimum absolute atomic E-state index is 0.288. The first-order valence-corrected chi connectivity index (χ1v) is 9.08. The monoisotopic (exact) mass is 349 g/mol. The molecule has 1 fully saturated rings. The lowest BCUT2D eigenvalue weighted by Gasteiger charge is -2.37. The van der Waals surface area contributed by atoms with Gasteiger partial charge in [-0.3, -0.25) is 0 Å². The summed E-state index contributed by atoms with van der Waals surface area (Å²) in [5.41, 5.74) is 1.66. The van der Waals surface area contributed by atoms with E-state index in [1.165, 1.54) is 6.42 Å². The Labute approximate surface area is 153 Å². The van der Waals surface area contributed by atoms with Gasteiger partial charge in [0.2, 0.25) is 0 Å². The molecule has 0 saturated heterocycles. The van der Waals surface area contributed by atoms with Crippen LogP contribution in [0, 0.1) is 0 Å². The number of hydrogen-bond acceptors (Lipinski definition) is 5. The average molecular weight is 349 g/mol. The molecule has 4 rings (SSSR count). The first kappa shape index (κ1) is 16.6. The van der Waals surface area contributed by atoms with Gasteiger partial charge >= 0.3 is 0 Å². The number of para-hydroxylation sites is 3. The summed E-state index contributed by atoms with van der Waals surface area (Å²) in [6.45, 7) is 0. The van der Waals surface area contributed by atoms with E-state index < -0.39 is 0 Å². The summed E-state index contributed by atoms with van der Waals surface area (Å²) in [4.78, 5) is 0. The molecule has 26 heavy (non-hydrogen) atoms. The maximum Gasteiger partial charge on any atom is 0.182 e. The molecule has 0 bridgehead atoms. The predicted molar refractivity (Wildman–Crippen MR) is 101 cm³/mol. The SMILES string of the molecule is COc1ccccc1-n1nnnc1C1(Nc2ccccc2)CCCCC1. The van der Waals surface area contributed by atoms with E-state index in [9.17, 15) is 0 Å². The number of rotatable bonds is 5. The first-order valence-electron chi connectivity index (χ1n) is 9.08. The maximum absolute atomic E-state index is 5.53. The summed E-state index contributed by atoms with van der Waals surface area (Å²) in [7, 11) is 1.67. The van der Waals surface area contributed by atoms with Gasteiger partial charge in [-0.25, -0.2) is 0 Å². The number of nitrogens with one attached hydrogen (secondary N) is 1. The van der Waals surface area contributed by atoms with Crippen LogP contribution in [0.4, 0.5) is 5.69 Å². The molecule has 1 N–H and O–H groups in total. The topological polar surface area (TPSA) is 64.9 Å². The minimum atomic E-state index is -0.288. The second-order valence-electron chi connectivity index (χ2n) is 6.72. The molecule has 0 atom stereocenters. The van der Waals surface area contributed by atoms with Crippen LogP contribution < -0.4 is 10.1 Å². The molecule has 0 unspecified atom stereocenters. The van der Waals surface area contributed by atoms with E-state index >= 15 is 0 Å². The number of benzene rings is 2. The lowest BCUT2D eigenvalue weighted by atomic mass is 9.80. The lowest BCUT2D eigenvalue weighted by Crippen LogP contribution is -2.40. The van der Waals surface area contributed by atoms with Crippen molar-refractivity contribution >= 4 is 5.69 Å². The highest BCUT2D eigenvalue weighted by molar-refractivity contribution is 5.49. The van der Waals surface area contributed by atoms with Crippen molar-refractivity contribution in [2.75, 3.05) is 12.4 Å². The average Bonchev–Trinajstić information content (AvgIpc) is 3.20. The van der Waals surface area contributed by atoms with E-state index in [4.69, 9.17) is 4.74 Å². The molecule has 134 valence electrons. The van der Waals surface area contributed by atoms with Crippen LogP contribution in [0.25, 0.3) is 5.69 Å². The number of hydrogen-bond donors (Lipinski definition) is 1. The van der Waals surface area contributed by atoms with Gasteiger partial charge in [-0.1, -0.05) is 49.6 Å². The zero-order chi connectivity index (χ0) is 17.8. The largest absolute Gasteiger partial charge is 0.494 e. The fourth-order valence-electron chi connectivity index (χ4n) is 3.81. The molecule has 6 heteroatoms. The molecule has 6 nitrogen and oxygen atoms in total. The molecule has 1 aliphatic rings. The zero-order valence-electron chi connectivity index (χ0n) is 14.9. The number of methoxy groups -OCH3 is 1. The number of anilines is 1. The summed E-state index contributed by atoms with van der Waals surface area (Å²) in [6.07, 6.45) is 5.54. The normalized spacial score (nSPS) is 16.2. The Morgan fingerprint density at radius 3 is 2.46 bits per heavy atom. The highest BCUT2D eigenvalue weighted by Gasteiger charge is 2.39. The quantitative estimate of drug-likeness (QED) is 0.756. The van der Waals surface area contributed by atoms with Gasteiger partial charge in [-0.2, -0.15) is 4.68 Å². The van der Waals surface area contributed by atoms with Gasteiger partial charge < -0.3 is 10.1 Å². The molecule has 0 amide bonds. The Morgan fingerprint density at radius 2 is 1.69 bits per heavy atom. The van der Waals surface area contributed by atoms with Crippen LogP contribution in [0.5, 0.6) is 5.75 Å². The summed E-state index contributed by atoms with van der Waals surface area (Å²) in [5.74, 6) is 1.59. The fraction of sp³-hybridized carbons (Fsp3) is 0.350. The molecule has 0 spiro atoms. The van der Waals surface area contributed by atoms with Gasteiger partial charge in [0, 0.05) is 5.69 Å². The van der Waals surface area contributed by atoms with E-state index in [1.807, 2.05) is 47.1 Å². The number of nitrogens with zero attached hydrogens (tertiary/aromatic N) is 4. The smallest absolute Gasteiger partial charge is 0.182 e. The van der Waals surface area contributed by atoms with Crippen molar-refractivity contribution in [3.8, 4) is 11.4 Å². The molecule has 1 aromatic heterocycles. The molecule has 0 radical (unpaired) electrons. The second-order valence-corrected chi connectivity index (χ2v) is 6.72. The van der Waals surface area contributed by atoms with Crippen molar-refractivity contribution in [3.63, 3.8) is 0 Å². The van der Waals surface area contributed by atoms with Crippen LogP contribution in [-0.2, 0) is 5.54 Å². The molecule has 2 aromatic carbocycles. The Bertz CT molecular complexity index is 855. The Hall–Kier alpha value is -2.89. The standard InChI is InChI=1S/C20H23N5O/c1-26-18-13-7-6-12-17(18)25-19(22-23-24-25)20(14-8-3-9-15-20)21-16-10-4-2-5-11-16/h2,4-7,10-13,21H,3,8-9,14-15H2,1H3. The van der Waals surface area contributed by atoms with Crippen molar-refractivity contribution in [1.82, 2.24) is 20.2 Å². The molecule has 1 saturated carbocycles. The van der Waals surface area contributed by atoms with E-state index in [2.05, 4.69) is 33.0 Å². The van der Waals surface area contributed by atoms with Gasteiger partial charge in [-0.05, 0) is 47.5 Å². The van der Waals surface area contributed by atoms with E-state index in [0.717, 1.165) is 48.6 Å². The van der Waals surface area contributed by atoms with Gasteiger partial charge in [0.25, 0.3) is 0 Å². The van der Waals surface area contributed by atoms with Gasteiger partial charge in [0.1, 0.15) is 11.4 Å². The van der Waals surface area contributed by atoms with Crippen molar-refractivity contribution in [1.29, 1.82) is 0 Å². The van der Waals surface area contributed by atoms with Crippen molar-refractivity contribution in [2.24, 2.45) is 0 Å². The van der Waals surface area contributed by atoms with Crippen molar-refractivity contribution in [2.45, 2.75) is 37.6 Å². The third kappa shape index (κ3) is 3.03. The van der Waals surface area contributed by atoms with E-state index in [1.54, 1.807) is 7.11 Å². The summed E-state index contributed by atoms with van der Waals surface area (Å²) in [5, 5.41) is 16.5. The summed E-state index contributed by atoms with van der Waals surface area (Å²) >= 11 is 0. The summed E-state index contributed by atoms with van der Waals surface area (Å²) < 4.78 is 7.35. The Balaban J connectivity index is 1.79. The third-order valence-electron chi connectivity index (χ3n) is 5.08. The highest BCUT2D eigenvalue weighted by Crippen LogP contribution is 2.40. The van der Waals surface area contributed by atoms with E-state index in [0.29, 0.717) is 0 Å². The molecule has 1 heterocycles. The van der Waals surface area contributed by atoms with Crippen LogP contribution >= 0.6 is 0 Å². The molecular formula is C20H23N5O. The molecule has 1 aliphatic carbocycles. The highest BCUT2D eigenvalue weighted by atomic mass is 16.5.